The van der Waals surface area contributed by atoms with Crippen LogP contribution in [0.1, 0.15) is 74.0 Å². The van der Waals surface area contributed by atoms with Gasteiger partial charge in [0.15, 0.2) is 0 Å². The van der Waals surface area contributed by atoms with Crippen LogP contribution in [-0.4, -0.2) is 41.6 Å². The molecular weight excluding hydrogens is 546 g/mol. The van der Waals surface area contributed by atoms with Gasteiger partial charge in [0.25, 0.3) is 0 Å². The molecule has 0 spiro atoms. The quantitative estimate of drug-likeness (QED) is 0.312. The predicted molar refractivity (Wildman–Crippen MR) is 160 cm³/mol. The van der Waals surface area contributed by atoms with Gasteiger partial charge in [-0.05, 0) is 80.9 Å². The molecule has 1 aliphatic carbocycles. The van der Waals surface area contributed by atoms with E-state index in [-0.39, 0.29) is 24.2 Å². The van der Waals surface area contributed by atoms with Gasteiger partial charge in [-0.2, -0.15) is 0 Å². The molecule has 0 bridgehead atoms. The minimum atomic E-state index is 0. The molecule has 3 aromatic rings. The maximum atomic E-state index is 13.7. The average Bonchev–Trinajstić information content (AvgIpc) is 3.24. The number of halogens is 2. The molecule has 1 N–H and O–H groups in total. The highest BCUT2D eigenvalue weighted by atomic mass is 79.9. The molecule has 1 aromatic heterocycles. The van der Waals surface area contributed by atoms with Crippen molar-refractivity contribution < 1.29 is 4.79 Å². The van der Waals surface area contributed by atoms with Crippen molar-refractivity contribution in [1.82, 2.24) is 14.8 Å². The minimum Gasteiger partial charge on any atom is -0.347 e. The Bertz CT molecular complexity index is 1200. The highest BCUT2D eigenvalue weighted by Gasteiger charge is 2.28. The molecule has 1 unspecified atom stereocenters. The van der Waals surface area contributed by atoms with E-state index < -0.39 is 0 Å². The number of aryl methyl sites for hydroxylation is 1. The van der Waals surface area contributed by atoms with Gasteiger partial charge < -0.3 is 14.8 Å². The van der Waals surface area contributed by atoms with Gasteiger partial charge >= 0.3 is 0 Å². The Morgan fingerprint density at radius 1 is 1.08 bits per heavy atom. The monoisotopic (exact) mass is 585 g/mol. The second kappa shape index (κ2) is 12.8. The van der Waals surface area contributed by atoms with Gasteiger partial charge in [-0.3, -0.25) is 4.79 Å². The zero-order valence-corrected chi connectivity index (χ0v) is 24.6. The summed E-state index contributed by atoms with van der Waals surface area (Å²) >= 11 is 3.73. The highest BCUT2D eigenvalue weighted by molar-refractivity contribution is 9.10. The van der Waals surface area contributed by atoms with Crippen molar-refractivity contribution in [2.24, 2.45) is 5.92 Å². The number of nitrogens with one attached hydrogen (secondary N) is 1. The first-order valence-electron chi connectivity index (χ1n) is 13.8. The van der Waals surface area contributed by atoms with Crippen molar-refractivity contribution in [3.8, 4) is 0 Å². The van der Waals surface area contributed by atoms with E-state index in [1.54, 1.807) is 0 Å². The fourth-order valence-corrected chi connectivity index (χ4v) is 6.75. The molecule has 1 saturated heterocycles. The summed E-state index contributed by atoms with van der Waals surface area (Å²) in [6.07, 6.45) is 11.7. The molecule has 2 aromatic carbocycles. The maximum absolute atomic E-state index is 13.7. The Hall–Kier alpha value is -1.82. The molecule has 200 valence electrons. The van der Waals surface area contributed by atoms with E-state index in [9.17, 15) is 4.79 Å². The summed E-state index contributed by atoms with van der Waals surface area (Å²) in [5.41, 5.74) is 5.04. The van der Waals surface area contributed by atoms with Crippen molar-refractivity contribution >= 4 is 45.1 Å². The molecule has 1 saturated carbocycles. The van der Waals surface area contributed by atoms with Crippen molar-refractivity contribution in [2.75, 3.05) is 20.1 Å². The third kappa shape index (κ3) is 6.61. The fourth-order valence-electron chi connectivity index (χ4n) is 6.38. The van der Waals surface area contributed by atoms with Crippen LogP contribution in [0.5, 0.6) is 0 Å². The van der Waals surface area contributed by atoms with Crippen molar-refractivity contribution in [3.63, 3.8) is 0 Å². The number of fused-ring (bicyclic) bond motifs is 1. The topological polar surface area (TPSA) is 37.3 Å². The molecule has 2 heterocycles. The van der Waals surface area contributed by atoms with Crippen molar-refractivity contribution in [1.29, 1.82) is 0 Å². The Balaban J connectivity index is 0.00000320. The van der Waals surface area contributed by atoms with E-state index in [1.807, 2.05) is 11.9 Å². The third-order valence-electron chi connectivity index (χ3n) is 8.50. The normalized spacial score (nSPS) is 17.9. The molecule has 1 aliphatic heterocycles. The number of hydrogen-bond donors (Lipinski definition) is 1. The zero-order valence-electron chi connectivity index (χ0n) is 22.2. The molecule has 2 aliphatic rings. The summed E-state index contributed by atoms with van der Waals surface area (Å²) in [6.45, 7) is 5.20. The van der Waals surface area contributed by atoms with Gasteiger partial charge in [0.1, 0.15) is 0 Å². The summed E-state index contributed by atoms with van der Waals surface area (Å²) in [6, 6.07) is 15.7. The molecule has 5 rings (SSSR count). The van der Waals surface area contributed by atoms with E-state index >= 15 is 0 Å². The number of aromatic nitrogens is 1. The van der Waals surface area contributed by atoms with E-state index in [2.05, 4.69) is 81.4 Å². The lowest BCUT2D eigenvalue weighted by atomic mass is 9.87. The van der Waals surface area contributed by atoms with E-state index in [0.29, 0.717) is 12.5 Å². The van der Waals surface area contributed by atoms with Crippen LogP contribution in [0.15, 0.2) is 53.1 Å². The zero-order chi connectivity index (χ0) is 25.1. The first-order chi connectivity index (χ1) is 17.5. The Labute approximate surface area is 236 Å². The highest BCUT2D eigenvalue weighted by Crippen LogP contribution is 2.38. The van der Waals surface area contributed by atoms with Crippen LogP contribution in [0.4, 0.5) is 0 Å². The van der Waals surface area contributed by atoms with Gasteiger partial charge in [0, 0.05) is 53.5 Å². The summed E-state index contributed by atoms with van der Waals surface area (Å²) in [4.78, 5) is 15.7. The minimum absolute atomic E-state index is 0. The van der Waals surface area contributed by atoms with Crippen molar-refractivity contribution in [3.05, 3.63) is 69.8 Å². The van der Waals surface area contributed by atoms with Gasteiger partial charge in [-0.1, -0.05) is 65.0 Å². The number of nitrogens with zero attached hydrogens (tertiary/aromatic N) is 2. The number of hydrogen-bond acceptors (Lipinski definition) is 2. The Kier molecular flexibility index (Phi) is 9.77. The summed E-state index contributed by atoms with van der Waals surface area (Å²) in [5.74, 6) is 1.03. The first kappa shape index (κ1) is 28.2. The molecule has 2 fully saturated rings. The van der Waals surface area contributed by atoms with Crippen LogP contribution in [0, 0.1) is 12.8 Å². The lowest BCUT2D eigenvalue weighted by Crippen LogP contribution is -2.44. The summed E-state index contributed by atoms with van der Waals surface area (Å²) < 4.78 is 3.57. The summed E-state index contributed by atoms with van der Waals surface area (Å²) in [5, 5.41) is 4.69. The summed E-state index contributed by atoms with van der Waals surface area (Å²) in [7, 11) is 2.01. The van der Waals surface area contributed by atoms with E-state index in [1.165, 1.54) is 59.7 Å². The largest absolute Gasteiger partial charge is 0.347 e. The SMILES string of the molecule is Cc1cccc(C(CC(=O)N(C)C2CCNCC2)c2cn(CC3CCCCC3)c3ccc(Br)cc23)c1.Cl. The smallest absolute Gasteiger partial charge is 0.223 e. The van der Waals surface area contributed by atoms with Crippen LogP contribution in [-0.2, 0) is 11.3 Å². The van der Waals surface area contributed by atoms with Crippen LogP contribution < -0.4 is 5.32 Å². The van der Waals surface area contributed by atoms with Gasteiger partial charge in [-0.15, -0.1) is 12.4 Å². The standard InChI is InChI=1S/C31H40BrN3O.ClH/c1-22-7-6-10-24(17-22)27(19-31(36)34(2)26-13-15-33-16-14-26)29-21-35(20-23-8-4-3-5-9-23)30-12-11-25(32)18-28(29)30;/h6-7,10-12,17-18,21,23,26-27,33H,3-5,8-9,13-16,19-20H2,1-2H3;1H. The maximum Gasteiger partial charge on any atom is 0.223 e. The Morgan fingerprint density at radius 2 is 1.84 bits per heavy atom. The van der Waals surface area contributed by atoms with Crippen LogP contribution in [0.25, 0.3) is 10.9 Å². The van der Waals surface area contributed by atoms with E-state index in [4.69, 9.17) is 0 Å². The van der Waals surface area contributed by atoms with Crippen LogP contribution >= 0.6 is 28.3 Å². The lowest BCUT2D eigenvalue weighted by Gasteiger charge is -2.32. The first-order valence-corrected chi connectivity index (χ1v) is 14.6. The third-order valence-corrected chi connectivity index (χ3v) is 9.00. The second-order valence-corrected chi connectivity index (χ2v) is 12.0. The van der Waals surface area contributed by atoms with Crippen LogP contribution in [0.2, 0.25) is 0 Å². The van der Waals surface area contributed by atoms with Gasteiger partial charge in [0.05, 0.1) is 0 Å². The fraction of sp³-hybridized carbons (Fsp3) is 0.516. The molecule has 1 amide bonds. The lowest BCUT2D eigenvalue weighted by molar-refractivity contribution is -0.132. The van der Waals surface area contributed by atoms with Gasteiger partial charge in [-0.25, -0.2) is 0 Å². The molecular formula is C31H41BrClN3O. The number of amides is 1. The van der Waals surface area contributed by atoms with Crippen LogP contribution in [0.3, 0.4) is 0 Å². The number of piperidine rings is 1. The predicted octanol–water partition coefficient (Wildman–Crippen LogP) is 7.45. The van der Waals surface area contributed by atoms with Gasteiger partial charge in [0.2, 0.25) is 5.91 Å². The van der Waals surface area contributed by atoms with E-state index in [0.717, 1.165) is 42.9 Å². The molecule has 6 heteroatoms. The van der Waals surface area contributed by atoms with Crippen molar-refractivity contribution in [2.45, 2.75) is 76.8 Å². The molecule has 4 nitrogen and oxygen atoms in total. The number of benzene rings is 2. The molecule has 0 radical (unpaired) electrons. The average molecular weight is 587 g/mol. The Morgan fingerprint density at radius 3 is 2.57 bits per heavy atom. The number of rotatable bonds is 7. The molecule has 1 atom stereocenters. The second-order valence-electron chi connectivity index (χ2n) is 11.1. The molecule has 37 heavy (non-hydrogen) atoms. The number of carbonyl (C=O) groups is 1. The number of carbonyl (C=O) groups excluding carboxylic acids is 1.